The molecule has 0 aliphatic carbocycles. The minimum absolute atomic E-state index is 0.0450. The number of esters is 1. The first-order chi connectivity index (χ1) is 10.3. The van der Waals surface area contributed by atoms with Crippen LogP contribution in [-0.4, -0.2) is 25.0 Å². The molecular weight excluding hydrogens is 325 g/mol. The number of carbonyl (C=O) groups excluding carboxylic acids is 2. The zero-order chi connectivity index (χ0) is 16.9. The van der Waals surface area contributed by atoms with Gasteiger partial charge in [0.05, 0.1) is 18.8 Å². The van der Waals surface area contributed by atoms with Crippen LogP contribution >= 0.6 is 11.6 Å². The van der Waals surface area contributed by atoms with E-state index in [0.717, 1.165) is 6.26 Å². The van der Waals surface area contributed by atoms with E-state index in [9.17, 15) is 22.8 Å². The van der Waals surface area contributed by atoms with Gasteiger partial charge in [0.2, 0.25) is 5.78 Å². The second-order valence-electron chi connectivity index (χ2n) is 3.88. The van der Waals surface area contributed by atoms with E-state index < -0.39 is 45.4 Å². The Morgan fingerprint density at radius 2 is 1.82 bits per heavy atom. The summed E-state index contributed by atoms with van der Waals surface area (Å²) in [6, 6.07) is 0.317. The molecule has 0 spiro atoms. The molecule has 22 heavy (non-hydrogen) atoms. The van der Waals surface area contributed by atoms with E-state index in [1.165, 1.54) is 6.92 Å². The SMILES string of the molecule is CCO/C=C(\C(=O)OCC)C(=O)c1cc(F)c(F)c(Cl)c1F. The van der Waals surface area contributed by atoms with Crippen molar-refractivity contribution in [3.05, 3.63) is 45.9 Å². The van der Waals surface area contributed by atoms with Crippen molar-refractivity contribution in [2.24, 2.45) is 0 Å². The van der Waals surface area contributed by atoms with Gasteiger partial charge < -0.3 is 9.47 Å². The van der Waals surface area contributed by atoms with Gasteiger partial charge in [-0.2, -0.15) is 0 Å². The Morgan fingerprint density at radius 1 is 1.18 bits per heavy atom. The highest BCUT2D eigenvalue weighted by Crippen LogP contribution is 2.26. The van der Waals surface area contributed by atoms with Crippen LogP contribution in [-0.2, 0) is 14.3 Å². The molecule has 0 amide bonds. The summed E-state index contributed by atoms with van der Waals surface area (Å²) in [5, 5.41) is -1.18. The topological polar surface area (TPSA) is 52.6 Å². The molecule has 1 aromatic carbocycles. The van der Waals surface area contributed by atoms with Crippen LogP contribution in [0.5, 0.6) is 0 Å². The van der Waals surface area contributed by atoms with E-state index in [4.69, 9.17) is 16.3 Å². The molecule has 1 rings (SSSR count). The van der Waals surface area contributed by atoms with Crippen LogP contribution in [0.3, 0.4) is 0 Å². The Balaban J connectivity index is 3.34. The van der Waals surface area contributed by atoms with E-state index in [1.54, 1.807) is 6.92 Å². The van der Waals surface area contributed by atoms with Gasteiger partial charge in [-0.25, -0.2) is 18.0 Å². The third-order valence-electron chi connectivity index (χ3n) is 2.46. The summed E-state index contributed by atoms with van der Waals surface area (Å²) >= 11 is 5.27. The first kappa shape index (κ1) is 18.0. The molecule has 1 aromatic rings. The highest BCUT2D eigenvalue weighted by molar-refractivity contribution is 6.32. The van der Waals surface area contributed by atoms with Gasteiger partial charge in [0, 0.05) is 0 Å². The van der Waals surface area contributed by atoms with E-state index in [2.05, 4.69) is 4.74 Å². The lowest BCUT2D eigenvalue weighted by molar-refractivity contribution is -0.138. The molecule has 0 aliphatic heterocycles. The molecule has 0 N–H and O–H groups in total. The van der Waals surface area contributed by atoms with E-state index in [0.29, 0.717) is 6.07 Å². The second kappa shape index (κ2) is 7.84. The Bertz CT molecular complexity index is 629. The molecule has 0 bridgehead atoms. The van der Waals surface area contributed by atoms with Crippen molar-refractivity contribution in [1.82, 2.24) is 0 Å². The largest absolute Gasteiger partial charge is 0.500 e. The van der Waals surface area contributed by atoms with Gasteiger partial charge in [-0.3, -0.25) is 4.79 Å². The van der Waals surface area contributed by atoms with Crippen molar-refractivity contribution in [2.75, 3.05) is 13.2 Å². The van der Waals surface area contributed by atoms with Crippen LogP contribution in [0.25, 0.3) is 0 Å². The van der Waals surface area contributed by atoms with Gasteiger partial charge >= 0.3 is 5.97 Å². The molecule has 0 radical (unpaired) electrons. The van der Waals surface area contributed by atoms with Gasteiger partial charge in [-0.15, -0.1) is 0 Å². The third-order valence-corrected chi connectivity index (χ3v) is 2.79. The van der Waals surface area contributed by atoms with Crippen molar-refractivity contribution in [3.63, 3.8) is 0 Å². The minimum Gasteiger partial charge on any atom is -0.500 e. The smallest absolute Gasteiger partial charge is 0.345 e. The fraction of sp³-hybridized carbons (Fsp3) is 0.286. The predicted octanol–water partition coefficient (Wildman–Crippen LogP) is 3.42. The highest BCUT2D eigenvalue weighted by Gasteiger charge is 2.28. The molecular formula is C14H12ClF3O4. The average Bonchev–Trinajstić information content (AvgIpc) is 2.49. The van der Waals surface area contributed by atoms with Crippen molar-refractivity contribution in [2.45, 2.75) is 13.8 Å². The molecule has 0 saturated heterocycles. The fourth-order valence-electron chi connectivity index (χ4n) is 1.45. The van der Waals surface area contributed by atoms with E-state index >= 15 is 0 Å². The summed E-state index contributed by atoms with van der Waals surface area (Å²) in [5.74, 6) is -6.93. The summed E-state index contributed by atoms with van der Waals surface area (Å²) in [7, 11) is 0. The number of Topliss-reactive ketones (excluding diaryl/α,β-unsaturated/α-hetero) is 1. The van der Waals surface area contributed by atoms with Crippen LogP contribution in [0.2, 0.25) is 5.02 Å². The minimum atomic E-state index is -1.62. The maximum atomic E-state index is 13.8. The molecule has 0 heterocycles. The van der Waals surface area contributed by atoms with Crippen molar-refractivity contribution < 1.29 is 32.2 Å². The number of hydrogen-bond acceptors (Lipinski definition) is 4. The lowest BCUT2D eigenvalue weighted by Gasteiger charge is -2.09. The molecule has 0 atom stereocenters. The predicted molar refractivity (Wildman–Crippen MR) is 72.0 cm³/mol. The fourth-order valence-corrected chi connectivity index (χ4v) is 1.65. The Morgan fingerprint density at radius 3 is 2.36 bits per heavy atom. The van der Waals surface area contributed by atoms with Gasteiger partial charge in [-0.1, -0.05) is 11.6 Å². The molecule has 120 valence electrons. The maximum absolute atomic E-state index is 13.8. The highest BCUT2D eigenvalue weighted by atomic mass is 35.5. The molecule has 0 unspecified atom stereocenters. The van der Waals surface area contributed by atoms with Crippen LogP contribution < -0.4 is 0 Å². The number of ketones is 1. The monoisotopic (exact) mass is 336 g/mol. The van der Waals surface area contributed by atoms with Crippen LogP contribution in [0, 0.1) is 17.5 Å². The van der Waals surface area contributed by atoms with E-state index in [1.807, 2.05) is 0 Å². The number of ether oxygens (including phenoxy) is 2. The van der Waals surface area contributed by atoms with Crippen molar-refractivity contribution >= 4 is 23.4 Å². The number of hydrogen-bond donors (Lipinski definition) is 0. The number of benzene rings is 1. The van der Waals surface area contributed by atoms with Crippen molar-refractivity contribution in [1.29, 1.82) is 0 Å². The number of halogens is 4. The summed E-state index contributed by atoms with van der Waals surface area (Å²) in [4.78, 5) is 23.9. The molecule has 8 heteroatoms. The average molecular weight is 337 g/mol. The summed E-state index contributed by atoms with van der Waals surface area (Å²) < 4.78 is 49.7. The maximum Gasteiger partial charge on any atom is 0.345 e. The third kappa shape index (κ3) is 3.79. The first-order valence-corrected chi connectivity index (χ1v) is 6.59. The zero-order valence-corrected chi connectivity index (χ0v) is 12.5. The summed E-state index contributed by atoms with van der Waals surface area (Å²) in [5.41, 5.74) is -1.56. The van der Waals surface area contributed by atoms with Gasteiger partial charge in [-0.05, 0) is 19.9 Å². The number of rotatable bonds is 6. The van der Waals surface area contributed by atoms with Crippen LogP contribution in [0.1, 0.15) is 24.2 Å². The first-order valence-electron chi connectivity index (χ1n) is 6.21. The molecule has 0 fully saturated rings. The normalized spacial score (nSPS) is 11.3. The number of carbonyl (C=O) groups is 2. The van der Waals surface area contributed by atoms with Crippen LogP contribution in [0.15, 0.2) is 17.9 Å². The summed E-state index contributed by atoms with van der Waals surface area (Å²) in [6.07, 6.45) is 0.773. The second-order valence-corrected chi connectivity index (χ2v) is 4.26. The summed E-state index contributed by atoms with van der Waals surface area (Å²) in [6.45, 7) is 3.16. The molecule has 0 saturated carbocycles. The Labute approximate surface area is 129 Å². The van der Waals surface area contributed by atoms with Gasteiger partial charge in [0.25, 0.3) is 0 Å². The van der Waals surface area contributed by atoms with Crippen LogP contribution in [0.4, 0.5) is 13.2 Å². The lowest BCUT2D eigenvalue weighted by Crippen LogP contribution is -2.18. The quantitative estimate of drug-likeness (QED) is 0.117. The van der Waals surface area contributed by atoms with Crippen molar-refractivity contribution in [3.8, 4) is 0 Å². The molecule has 0 aromatic heterocycles. The molecule has 4 nitrogen and oxygen atoms in total. The van der Waals surface area contributed by atoms with Gasteiger partial charge in [0.1, 0.15) is 16.9 Å². The standard InChI is InChI=1S/C14H12ClF3O4/c1-3-21-6-8(14(20)22-4-2)13(19)7-5-9(16)12(18)10(15)11(7)17/h5-6H,3-4H2,1-2H3/b8-6-. The molecule has 0 aliphatic rings. The lowest BCUT2D eigenvalue weighted by atomic mass is 10.0. The Hall–Kier alpha value is -2.02. The zero-order valence-electron chi connectivity index (χ0n) is 11.7. The van der Waals surface area contributed by atoms with E-state index in [-0.39, 0.29) is 13.2 Å². The van der Waals surface area contributed by atoms with Gasteiger partial charge in [0.15, 0.2) is 17.5 Å². The Kier molecular flexibility index (Phi) is 6.42.